The van der Waals surface area contributed by atoms with Crippen LogP contribution in [0, 0.1) is 0 Å². The first-order valence-corrected chi connectivity index (χ1v) is 6.30. The summed E-state index contributed by atoms with van der Waals surface area (Å²) in [6.07, 6.45) is 0.340. The SMILES string of the molecule is CN1CC(NC(=O)C(C)(N)c2ccccc2)CC1=O. The van der Waals surface area contributed by atoms with Crippen LogP contribution in [0.4, 0.5) is 0 Å². The number of rotatable bonds is 3. The lowest BCUT2D eigenvalue weighted by Gasteiger charge is -2.26. The highest BCUT2D eigenvalue weighted by Gasteiger charge is 2.35. The molecule has 3 N–H and O–H groups in total. The number of nitrogens with one attached hydrogen (secondary N) is 1. The van der Waals surface area contributed by atoms with Gasteiger partial charge in [0.2, 0.25) is 11.8 Å². The summed E-state index contributed by atoms with van der Waals surface area (Å²) in [4.78, 5) is 25.3. The minimum Gasteiger partial charge on any atom is -0.349 e. The summed E-state index contributed by atoms with van der Waals surface area (Å²) in [5.74, 6) is -0.212. The molecule has 0 saturated carbocycles. The molecular weight excluding hydrogens is 242 g/mol. The van der Waals surface area contributed by atoms with E-state index in [1.54, 1.807) is 18.9 Å². The van der Waals surface area contributed by atoms with Crippen LogP contribution in [0.2, 0.25) is 0 Å². The number of hydrogen-bond donors (Lipinski definition) is 2. The van der Waals surface area contributed by atoms with Gasteiger partial charge in [0.1, 0.15) is 5.54 Å². The van der Waals surface area contributed by atoms with Crippen molar-refractivity contribution < 1.29 is 9.59 Å². The number of carbonyl (C=O) groups excluding carboxylic acids is 2. The number of amides is 2. The molecule has 2 rings (SSSR count). The average Bonchev–Trinajstić information content (AvgIpc) is 2.69. The first-order chi connectivity index (χ1) is 8.91. The lowest BCUT2D eigenvalue weighted by molar-refractivity contribution is -0.126. The number of benzene rings is 1. The Morgan fingerprint density at radius 1 is 1.42 bits per heavy atom. The van der Waals surface area contributed by atoms with Crippen molar-refractivity contribution in [2.45, 2.75) is 24.9 Å². The van der Waals surface area contributed by atoms with Gasteiger partial charge < -0.3 is 16.0 Å². The molecule has 1 aliphatic heterocycles. The van der Waals surface area contributed by atoms with E-state index in [0.29, 0.717) is 13.0 Å². The van der Waals surface area contributed by atoms with Crippen LogP contribution in [-0.2, 0) is 15.1 Å². The van der Waals surface area contributed by atoms with E-state index in [4.69, 9.17) is 5.73 Å². The van der Waals surface area contributed by atoms with Gasteiger partial charge in [0.15, 0.2) is 0 Å². The van der Waals surface area contributed by atoms with Gasteiger partial charge in [-0.2, -0.15) is 0 Å². The van der Waals surface area contributed by atoms with E-state index in [-0.39, 0.29) is 17.9 Å². The van der Waals surface area contributed by atoms with Crippen LogP contribution in [0.15, 0.2) is 30.3 Å². The highest BCUT2D eigenvalue weighted by molar-refractivity contribution is 5.88. The fourth-order valence-corrected chi connectivity index (χ4v) is 2.21. The molecular formula is C14H19N3O2. The van der Waals surface area contributed by atoms with Gasteiger partial charge in [0, 0.05) is 20.0 Å². The third kappa shape index (κ3) is 2.76. The Morgan fingerprint density at radius 3 is 2.58 bits per heavy atom. The van der Waals surface area contributed by atoms with Crippen molar-refractivity contribution in [3.8, 4) is 0 Å². The lowest BCUT2D eigenvalue weighted by Crippen LogP contribution is -2.52. The zero-order valence-corrected chi connectivity index (χ0v) is 11.2. The largest absolute Gasteiger partial charge is 0.349 e. The van der Waals surface area contributed by atoms with Crippen LogP contribution in [0.5, 0.6) is 0 Å². The van der Waals surface area contributed by atoms with Crippen LogP contribution in [0.25, 0.3) is 0 Å². The van der Waals surface area contributed by atoms with Crippen LogP contribution >= 0.6 is 0 Å². The van der Waals surface area contributed by atoms with E-state index in [9.17, 15) is 9.59 Å². The smallest absolute Gasteiger partial charge is 0.244 e. The molecule has 0 spiro atoms. The maximum Gasteiger partial charge on any atom is 0.244 e. The molecule has 1 aromatic carbocycles. The molecule has 2 amide bonds. The highest BCUT2D eigenvalue weighted by Crippen LogP contribution is 2.18. The molecule has 1 aliphatic rings. The van der Waals surface area contributed by atoms with Gasteiger partial charge in [-0.05, 0) is 12.5 Å². The average molecular weight is 261 g/mol. The Morgan fingerprint density at radius 2 is 2.05 bits per heavy atom. The first kappa shape index (κ1) is 13.5. The Balaban J connectivity index is 2.06. The summed E-state index contributed by atoms with van der Waals surface area (Å²) in [5, 5.41) is 2.85. The molecule has 0 bridgehead atoms. The molecule has 2 atom stereocenters. The summed E-state index contributed by atoms with van der Waals surface area (Å²) in [6.45, 7) is 2.22. The molecule has 0 radical (unpaired) electrons. The number of nitrogens with two attached hydrogens (primary N) is 1. The van der Waals surface area contributed by atoms with E-state index >= 15 is 0 Å². The number of nitrogens with zero attached hydrogens (tertiary/aromatic N) is 1. The highest BCUT2D eigenvalue weighted by atomic mass is 16.2. The van der Waals surface area contributed by atoms with Crippen molar-refractivity contribution in [3.05, 3.63) is 35.9 Å². The van der Waals surface area contributed by atoms with Crippen molar-refractivity contribution in [1.29, 1.82) is 0 Å². The quantitative estimate of drug-likeness (QED) is 0.816. The third-order valence-corrected chi connectivity index (χ3v) is 3.52. The van der Waals surface area contributed by atoms with Gasteiger partial charge in [-0.1, -0.05) is 30.3 Å². The number of likely N-dealkylation sites (N-methyl/N-ethyl adjacent to an activating group) is 1. The van der Waals surface area contributed by atoms with Crippen LogP contribution < -0.4 is 11.1 Å². The van der Waals surface area contributed by atoms with Crippen LogP contribution in [0.1, 0.15) is 18.9 Å². The first-order valence-electron chi connectivity index (χ1n) is 6.30. The maximum atomic E-state index is 12.3. The third-order valence-electron chi connectivity index (χ3n) is 3.52. The molecule has 0 aromatic heterocycles. The maximum absolute atomic E-state index is 12.3. The molecule has 2 unspecified atom stereocenters. The van der Waals surface area contributed by atoms with Crippen molar-refractivity contribution >= 4 is 11.8 Å². The van der Waals surface area contributed by atoms with Gasteiger partial charge in [-0.3, -0.25) is 9.59 Å². The Labute approximate surface area is 112 Å². The summed E-state index contributed by atoms with van der Waals surface area (Å²) in [7, 11) is 1.73. The Bertz CT molecular complexity index is 485. The fourth-order valence-electron chi connectivity index (χ4n) is 2.21. The van der Waals surface area contributed by atoms with Gasteiger partial charge in [0.05, 0.1) is 6.04 Å². The topological polar surface area (TPSA) is 75.4 Å². The summed E-state index contributed by atoms with van der Waals surface area (Å²) < 4.78 is 0. The van der Waals surface area contributed by atoms with Gasteiger partial charge in [-0.25, -0.2) is 0 Å². The standard InChI is InChI=1S/C14H19N3O2/c1-14(15,10-6-4-3-5-7-10)13(19)16-11-8-12(18)17(2)9-11/h3-7,11H,8-9,15H2,1-2H3,(H,16,19). The van der Waals surface area contributed by atoms with E-state index in [0.717, 1.165) is 5.56 Å². The molecule has 1 fully saturated rings. The molecule has 19 heavy (non-hydrogen) atoms. The van der Waals surface area contributed by atoms with Crippen LogP contribution in [0.3, 0.4) is 0 Å². The lowest BCUT2D eigenvalue weighted by atomic mass is 9.92. The number of hydrogen-bond acceptors (Lipinski definition) is 3. The molecule has 0 aliphatic carbocycles. The van der Waals surface area contributed by atoms with Gasteiger partial charge in [0.25, 0.3) is 0 Å². The van der Waals surface area contributed by atoms with Crippen molar-refractivity contribution in [3.63, 3.8) is 0 Å². The zero-order valence-electron chi connectivity index (χ0n) is 11.2. The second kappa shape index (κ2) is 5.01. The predicted octanol–water partition coefficient (Wildman–Crippen LogP) is 0.207. The normalized spacial score (nSPS) is 22.2. The monoisotopic (exact) mass is 261 g/mol. The van der Waals surface area contributed by atoms with E-state index in [1.807, 2.05) is 30.3 Å². The minimum absolute atomic E-state index is 0.0451. The molecule has 5 heteroatoms. The van der Waals surface area contributed by atoms with E-state index < -0.39 is 5.54 Å². The number of likely N-dealkylation sites (tertiary alicyclic amines) is 1. The Kier molecular flexibility index (Phi) is 3.57. The van der Waals surface area contributed by atoms with E-state index in [1.165, 1.54) is 0 Å². The molecule has 1 heterocycles. The molecule has 1 aromatic rings. The number of carbonyl (C=O) groups is 2. The summed E-state index contributed by atoms with van der Waals surface area (Å²) >= 11 is 0. The molecule has 102 valence electrons. The fraction of sp³-hybridized carbons (Fsp3) is 0.429. The van der Waals surface area contributed by atoms with Crippen molar-refractivity contribution in [2.75, 3.05) is 13.6 Å². The minimum atomic E-state index is -1.09. The van der Waals surface area contributed by atoms with Crippen molar-refractivity contribution in [1.82, 2.24) is 10.2 Å². The summed E-state index contributed by atoms with van der Waals surface area (Å²) in [5.41, 5.74) is 5.78. The zero-order chi connectivity index (χ0) is 14.0. The van der Waals surface area contributed by atoms with Crippen molar-refractivity contribution in [2.24, 2.45) is 5.73 Å². The van der Waals surface area contributed by atoms with Crippen LogP contribution in [-0.4, -0.2) is 36.3 Å². The van der Waals surface area contributed by atoms with Gasteiger partial charge >= 0.3 is 0 Å². The van der Waals surface area contributed by atoms with Gasteiger partial charge in [-0.15, -0.1) is 0 Å². The molecule has 5 nitrogen and oxygen atoms in total. The predicted molar refractivity (Wildman–Crippen MR) is 72.2 cm³/mol. The summed E-state index contributed by atoms with van der Waals surface area (Å²) in [6, 6.07) is 9.07. The second-order valence-electron chi connectivity index (χ2n) is 5.22. The Hall–Kier alpha value is -1.88. The second-order valence-corrected chi connectivity index (χ2v) is 5.22. The van der Waals surface area contributed by atoms with E-state index in [2.05, 4.69) is 5.32 Å². The molecule has 1 saturated heterocycles.